The zero-order valence-corrected chi connectivity index (χ0v) is 11.4. The average molecular weight is 265 g/mol. The van der Waals surface area contributed by atoms with Crippen molar-refractivity contribution in [1.82, 2.24) is 4.98 Å². The molecule has 1 rings (SSSR count). The van der Waals surface area contributed by atoms with Crippen molar-refractivity contribution in [2.75, 3.05) is 5.75 Å². The second-order valence-electron chi connectivity index (χ2n) is 3.41. The van der Waals surface area contributed by atoms with Crippen molar-refractivity contribution in [3.63, 3.8) is 0 Å². The minimum absolute atomic E-state index is 0.00683. The van der Waals surface area contributed by atoms with E-state index in [0.29, 0.717) is 5.57 Å². The number of pyridine rings is 1. The average Bonchev–Trinajstić information content (AvgIpc) is 2.34. The standard InChI is InChI=1S/C13H15NOS2/c1-11(2)12(15)7-4-6-10-16-17-13-8-3-5-9-14-13/h3-5,7-9H,1,6,10H2,2H3/b7-4-. The second kappa shape index (κ2) is 8.14. The predicted octanol–water partition coefficient (Wildman–Crippen LogP) is 3.91. The number of carbonyl (C=O) groups is 1. The molecule has 4 heteroatoms. The van der Waals surface area contributed by atoms with Crippen molar-refractivity contribution in [1.29, 1.82) is 0 Å². The molecule has 0 amide bonds. The molecule has 0 N–H and O–H groups in total. The summed E-state index contributed by atoms with van der Waals surface area (Å²) in [5.74, 6) is 0.966. The number of aromatic nitrogens is 1. The summed E-state index contributed by atoms with van der Waals surface area (Å²) >= 11 is 0. The molecule has 0 aliphatic rings. The number of rotatable bonds is 7. The van der Waals surface area contributed by atoms with Gasteiger partial charge in [0, 0.05) is 11.9 Å². The van der Waals surface area contributed by atoms with Gasteiger partial charge in [0.05, 0.1) is 0 Å². The first-order valence-corrected chi connectivity index (χ1v) is 7.59. The topological polar surface area (TPSA) is 30.0 Å². The summed E-state index contributed by atoms with van der Waals surface area (Å²) in [5, 5.41) is 1.01. The Morgan fingerprint density at radius 1 is 1.53 bits per heavy atom. The highest BCUT2D eigenvalue weighted by Crippen LogP contribution is 2.29. The third-order valence-electron chi connectivity index (χ3n) is 1.84. The second-order valence-corrected chi connectivity index (χ2v) is 5.84. The summed E-state index contributed by atoms with van der Waals surface area (Å²) in [6, 6.07) is 5.86. The van der Waals surface area contributed by atoms with Gasteiger partial charge in [-0.2, -0.15) is 0 Å². The monoisotopic (exact) mass is 265 g/mol. The van der Waals surface area contributed by atoms with Gasteiger partial charge < -0.3 is 0 Å². The van der Waals surface area contributed by atoms with E-state index in [1.807, 2.05) is 24.3 Å². The van der Waals surface area contributed by atoms with E-state index in [0.717, 1.165) is 17.2 Å². The Balaban J connectivity index is 2.13. The lowest BCUT2D eigenvalue weighted by Gasteiger charge is -1.97. The summed E-state index contributed by atoms with van der Waals surface area (Å²) in [7, 11) is 3.39. The molecule has 90 valence electrons. The Morgan fingerprint density at radius 3 is 3.00 bits per heavy atom. The maximum absolute atomic E-state index is 11.2. The van der Waals surface area contributed by atoms with Gasteiger partial charge in [0.15, 0.2) is 5.78 Å². The number of carbonyl (C=O) groups excluding carboxylic acids is 1. The molecular weight excluding hydrogens is 250 g/mol. The molecule has 1 aromatic heterocycles. The first-order chi connectivity index (χ1) is 8.20. The van der Waals surface area contributed by atoms with Crippen LogP contribution in [0.5, 0.6) is 0 Å². The fraction of sp³-hybridized carbons (Fsp3) is 0.231. The summed E-state index contributed by atoms with van der Waals surface area (Å²) < 4.78 is 0. The quantitative estimate of drug-likeness (QED) is 0.425. The Labute approximate surface area is 110 Å². The van der Waals surface area contributed by atoms with Crippen molar-refractivity contribution in [3.8, 4) is 0 Å². The molecule has 1 heterocycles. The third kappa shape index (κ3) is 6.34. The van der Waals surface area contributed by atoms with E-state index in [9.17, 15) is 4.79 Å². The normalized spacial score (nSPS) is 10.6. The fourth-order valence-corrected chi connectivity index (χ4v) is 2.82. The predicted molar refractivity (Wildman–Crippen MR) is 76.1 cm³/mol. The zero-order valence-electron chi connectivity index (χ0n) is 9.76. The van der Waals surface area contributed by atoms with E-state index < -0.39 is 0 Å². The molecule has 0 fully saturated rings. The Morgan fingerprint density at radius 2 is 2.35 bits per heavy atom. The van der Waals surface area contributed by atoms with Crippen LogP contribution in [0.4, 0.5) is 0 Å². The highest BCUT2D eigenvalue weighted by molar-refractivity contribution is 8.76. The van der Waals surface area contributed by atoms with Gasteiger partial charge in [0.1, 0.15) is 5.03 Å². The fourth-order valence-electron chi connectivity index (χ4n) is 0.947. The molecule has 0 spiro atoms. The molecule has 1 aromatic rings. The van der Waals surface area contributed by atoms with Crippen molar-refractivity contribution in [2.24, 2.45) is 0 Å². The zero-order chi connectivity index (χ0) is 12.5. The molecule has 0 saturated heterocycles. The summed E-state index contributed by atoms with van der Waals surface area (Å²) in [4.78, 5) is 15.4. The highest BCUT2D eigenvalue weighted by Gasteiger charge is 1.96. The first-order valence-electron chi connectivity index (χ1n) is 5.27. The van der Waals surface area contributed by atoms with Gasteiger partial charge in [-0.3, -0.25) is 4.79 Å². The Bertz CT molecular complexity index is 401. The molecule has 0 saturated carbocycles. The van der Waals surface area contributed by atoms with Gasteiger partial charge in [-0.25, -0.2) is 4.98 Å². The number of nitrogens with zero attached hydrogens (tertiary/aromatic N) is 1. The van der Waals surface area contributed by atoms with Crippen LogP contribution in [-0.4, -0.2) is 16.5 Å². The molecule has 0 radical (unpaired) electrons. The summed E-state index contributed by atoms with van der Waals surface area (Å²) in [5.41, 5.74) is 0.580. The lowest BCUT2D eigenvalue weighted by atomic mass is 10.2. The highest BCUT2D eigenvalue weighted by atomic mass is 33.1. The van der Waals surface area contributed by atoms with Gasteiger partial charge in [-0.15, -0.1) is 0 Å². The minimum atomic E-state index is 0.00683. The molecule has 0 aliphatic carbocycles. The molecule has 0 aliphatic heterocycles. The molecule has 0 bridgehead atoms. The van der Waals surface area contributed by atoms with Gasteiger partial charge in [0.2, 0.25) is 0 Å². The van der Waals surface area contributed by atoms with Crippen LogP contribution in [0, 0.1) is 0 Å². The van der Waals surface area contributed by atoms with Crippen molar-refractivity contribution in [2.45, 2.75) is 18.4 Å². The summed E-state index contributed by atoms with van der Waals surface area (Å²) in [6.07, 6.45) is 6.15. The first kappa shape index (κ1) is 14.1. The van der Waals surface area contributed by atoms with Crippen molar-refractivity contribution in [3.05, 3.63) is 48.7 Å². The van der Waals surface area contributed by atoms with Crippen LogP contribution < -0.4 is 0 Å². The van der Waals surface area contributed by atoms with E-state index in [2.05, 4.69) is 11.6 Å². The number of hydrogen-bond donors (Lipinski definition) is 0. The van der Waals surface area contributed by atoms with Crippen LogP contribution in [0.25, 0.3) is 0 Å². The van der Waals surface area contributed by atoms with Crippen LogP contribution in [0.2, 0.25) is 0 Å². The number of allylic oxidation sites excluding steroid dienone is 3. The van der Waals surface area contributed by atoms with E-state index >= 15 is 0 Å². The smallest absolute Gasteiger partial charge is 0.180 e. The lowest BCUT2D eigenvalue weighted by Crippen LogP contribution is -1.91. The molecule has 2 nitrogen and oxygen atoms in total. The van der Waals surface area contributed by atoms with E-state index in [-0.39, 0.29) is 5.78 Å². The molecule has 17 heavy (non-hydrogen) atoms. The Hall–Kier alpha value is -1.00. The van der Waals surface area contributed by atoms with E-state index in [1.165, 1.54) is 0 Å². The Kier molecular flexibility index (Phi) is 6.74. The SMILES string of the molecule is C=C(C)C(=O)/C=C\CCSSc1ccccn1. The van der Waals surface area contributed by atoms with Crippen molar-refractivity contribution < 1.29 is 4.79 Å². The number of ketones is 1. The van der Waals surface area contributed by atoms with Crippen LogP contribution in [-0.2, 0) is 4.79 Å². The third-order valence-corrected chi connectivity index (χ3v) is 4.14. The number of hydrogen-bond acceptors (Lipinski definition) is 4. The maximum atomic E-state index is 11.2. The maximum Gasteiger partial charge on any atom is 0.180 e. The molecular formula is C13H15NOS2. The van der Waals surface area contributed by atoms with Gasteiger partial charge >= 0.3 is 0 Å². The van der Waals surface area contributed by atoms with Crippen LogP contribution in [0.1, 0.15) is 13.3 Å². The summed E-state index contributed by atoms with van der Waals surface area (Å²) in [6.45, 7) is 5.31. The van der Waals surface area contributed by atoms with Crippen LogP contribution in [0.15, 0.2) is 53.7 Å². The van der Waals surface area contributed by atoms with Crippen LogP contribution in [0.3, 0.4) is 0 Å². The van der Waals surface area contributed by atoms with E-state index in [4.69, 9.17) is 0 Å². The minimum Gasteiger partial charge on any atom is -0.290 e. The molecule has 0 aromatic carbocycles. The van der Waals surface area contributed by atoms with E-state index in [1.54, 1.807) is 40.8 Å². The van der Waals surface area contributed by atoms with Gasteiger partial charge in [-0.05, 0) is 47.9 Å². The molecule has 0 unspecified atom stereocenters. The van der Waals surface area contributed by atoms with Gasteiger partial charge in [-0.1, -0.05) is 29.5 Å². The van der Waals surface area contributed by atoms with Gasteiger partial charge in [0.25, 0.3) is 0 Å². The largest absolute Gasteiger partial charge is 0.290 e. The molecule has 0 atom stereocenters. The lowest BCUT2D eigenvalue weighted by molar-refractivity contribution is -0.111. The van der Waals surface area contributed by atoms with Crippen LogP contribution >= 0.6 is 21.6 Å². The van der Waals surface area contributed by atoms with Crippen molar-refractivity contribution >= 4 is 27.4 Å².